The van der Waals surface area contributed by atoms with Gasteiger partial charge in [-0.1, -0.05) is 13.8 Å². The minimum absolute atomic E-state index is 0. The van der Waals surface area contributed by atoms with E-state index in [1.807, 2.05) is 19.1 Å². The molecule has 1 aromatic carbocycles. The molecule has 0 saturated heterocycles. The van der Waals surface area contributed by atoms with Crippen molar-refractivity contribution in [3.63, 3.8) is 0 Å². The van der Waals surface area contributed by atoms with Gasteiger partial charge in [0.25, 0.3) is 0 Å². The Morgan fingerprint density at radius 3 is 2.07 bits per heavy atom. The molecule has 7 nitrogen and oxygen atoms in total. The van der Waals surface area contributed by atoms with Crippen LogP contribution in [0.15, 0.2) is 17.1 Å². The maximum Gasteiger partial charge on any atom is 0.191 e. The molecule has 1 aromatic rings. The van der Waals surface area contributed by atoms with E-state index in [9.17, 15) is 0 Å². The highest BCUT2D eigenvalue weighted by Gasteiger charge is 2.15. The molecular weight excluding hydrogens is 473 g/mol. The van der Waals surface area contributed by atoms with E-state index in [4.69, 9.17) is 18.9 Å². The summed E-state index contributed by atoms with van der Waals surface area (Å²) < 4.78 is 22.0. The van der Waals surface area contributed by atoms with E-state index in [2.05, 4.69) is 29.5 Å². The monoisotopic (exact) mass is 509 g/mol. The highest BCUT2D eigenvalue weighted by atomic mass is 127. The van der Waals surface area contributed by atoms with Gasteiger partial charge in [0.2, 0.25) is 0 Å². The van der Waals surface area contributed by atoms with Crippen LogP contribution in [-0.2, 0) is 11.3 Å². The molecular formula is C20H36IN3O4. The molecule has 0 heterocycles. The molecule has 0 fully saturated rings. The Bertz CT molecular complexity index is 572. The summed E-state index contributed by atoms with van der Waals surface area (Å²) in [5.41, 5.74) is 0.901. The Balaban J connectivity index is 0.00000729. The van der Waals surface area contributed by atoms with Gasteiger partial charge in [-0.2, -0.15) is 0 Å². The lowest BCUT2D eigenvalue weighted by Gasteiger charge is -2.22. The number of aliphatic imine (C=N–C) groups is 1. The van der Waals surface area contributed by atoms with Crippen LogP contribution in [0.4, 0.5) is 0 Å². The number of halogens is 1. The van der Waals surface area contributed by atoms with Crippen LogP contribution in [0, 0.1) is 5.92 Å². The Labute approximate surface area is 186 Å². The Morgan fingerprint density at radius 1 is 1.04 bits per heavy atom. The fraction of sp³-hybridized carbons (Fsp3) is 0.650. The molecule has 2 N–H and O–H groups in total. The topological polar surface area (TPSA) is 73.3 Å². The lowest BCUT2D eigenvalue weighted by molar-refractivity contribution is 0.0258. The Hall–Kier alpha value is -1.42. The van der Waals surface area contributed by atoms with Gasteiger partial charge in [-0.25, -0.2) is 0 Å². The molecule has 0 radical (unpaired) electrons. The van der Waals surface area contributed by atoms with Crippen LogP contribution in [0.1, 0.15) is 32.8 Å². The molecule has 28 heavy (non-hydrogen) atoms. The zero-order valence-electron chi connectivity index (χ0n) is 18.1. The number of hydrogen-bond acceptors (Lipinski definition) is 5. The minimum Gasteiger partial charge on any atom is -0.496 e. The standard InChI is InChI=1S/C20H35N3O4.HI/c1-8-27-17(14(2)3)9-10-22-20(21-4)23-13-16-18(25-6)11-15(24-5)12-19(16)26-7;/h11-12,14,17H,8-10,13H2,1-7H3,(H2,21,22,23);1H. The number of guanidine groups is 1. The fourth-order valence-electron chi connectivity index (χ4n) is 2.80. The summed E-state index contributed by atoms with van der Waals surface area (Å²) in [5, 5.41) is 6.64. The molecule has 0 saturated carbocycles. The van der Waals surface area contributed by atoms with E-state index in [1.54, 1.807) is 28.4 Å². The summed E-state index contributed by atoms with van der Waals surface area (Å²) in [6.07, 6.45) is 1.16. The molecule has 0 bridgehead atoms. The number of ether oxygens (including phenoxy) is 4. The van der Waals surface area contributed by atoms with Crippen molar-refractivity contribution in [2.75, 3.05) is 41.5 Å². The summed E-state index contributed by atoms with van der Waals surface area (Å²) in [5.74, 6) is 3.28. The maximum absolute atomic E-state index is 5.79. The first-order chi connectivity index (χ1) is 13.0. The summed E-state index contributed by atoms with van der Waals surface area (Å²) >= 11 is 0. The zero-order valence-corrected chi connectivity index (χ0v) is 20.5. The lowest BCUT2D eigenvalue weighted by Crippen LogP contribution is -2.39. The average Bonchev–Trinajstić information content (AvgIpc) is 2.68. The largest absolute Gasteiger partial charge is 0.496 e. The van der Waals surface area contributed by atoms with Crippen molar-refractivity contribution in [2.45, 2.75) is 39.8 Å². The van der Waals surface area contributed by atoms with E-state index in [0.717, 1.165) is 25.1 Å². The molecule has 0 aliphatic rings. The minimum atomic E-state index is 0. The van der Waals surface area contributed by atoms with Crippen LogP contribution in [0.3, 0.4) is 0 Å². The average molecular weight is 509 g/mol. The fourth-order valence-corrected chi connectivity index (χ4v) is 2.80. The number of nitrogens with one attached hydrogen (secondary N) is 2. The SMILES string of the molecule is CCOC(CCNC(=NC)NCc1c(OC)cc(OC)cc1OC)C(C)C.I. The number of methoxy groups -OCH3 is 3. The molecule has 0 spiro atoms. The quantitative estimate of drug-likeness (QED) is 0.271. The second-order valence-electron chi connectivity index (χ2n) is 6.39. The molecule has 0 aliphatic carbocycles. The van der Waals surface area contributed by atoms with Gasteiger partial charge in [-0.15, -0.1) is 24.0 Å². The van der Waals surface area contributed by atoms with Crippen molar-refractivity contribution >= 4 is 29.9 Å². The van der Waals surface area contributed by atoms with Gasteiger partial charge in [0.05, 0.1) is 39.5 Å². The van der Waals surface area contributed by atoms with Gasteiger partial charge in [0.1, 0.15) is 17.2 Å². The van der Waals surface area contributed by atoms with Crippen molar-refractivity contribution in [3.05, 3.63) is 17.7 Å². The van der Waals surface area contributed by atoms with Crippen LogP contribution in [0.5, 0.6) is 17.2 Å². The summed E-state index contributed by atoms with van der Waals surface area (Å²) in [6.45, 7) is 8.39. The molecule has 0 aromatic heterocycles. The van der Waals surface area contributed by atoms with Crippen molar-refractivity contribution in [1.29, 1.82) is 0 Å². The molecule has 1 unspecified atom stereocenters. The third-order valence-electron chi connectivity index (χ3n) is 4.32. The number of rotatable bonds is 11. The lowest BCUT2D eigenvalue weighted by atomic mass is 10.0. The van der Waals surface area contributed by atoms with Crippen LogP contribution in [-0.4, -0.2) is 53.6 Å². The van der Waals surface area contributed by atoms with E-state index in [0.29, 0.717) is 35.7 Å². The summed E-state index contributed by atoms with van der Waals surface area (Å²) in [6, 6.07) is 3.68. The number of benzene rings is 1. The third kappa shape index (κ3) is 8.30. The number of nitrogens with zero attached hydrogens (tertiary/aromatic N) is 1. The van der Waals surface area contributed by atoms with Crippen molar-refractivity contribution in [3.8, 4) is 17.2 Å². The molecule has 8 heteroatoms. The van der Waals surface area contributed by atoms with Gasteiger partial charge < -0.3 is 29.6 Å². The molecule has 0 amide bonds. The van der Waals surface area contributed by atoms with Crippen molar-refractivity contribution in [1.82, 2.24) is 10.6 Å². The normalized spacial score (nSPS) is 12.2. The van der Waals surface area contributed by atoms with Crippen LogP contribution >= 0.6 is 24.0 Å². The predicted octanol–water partition coefficient (Wildman–Crippen LogP) is 3.45. The first-order valence-electron chi connectivity index (χ1n) is 9.35. The second-order valence-corrected chi connectivity index (χ2v) is 6.39. The first-order valence-corrected chi connectivity index (χ1v) is 9.35. The van der Waals surface area contributed by atoms with Crippen molar-refractivity contribution in [2.24, 2.45) is 10.9 Å². The Morgan fingerprint density at radius 2 is 1.64 bits per heavy atom. The van der Waals surface area contributed by atoms with Crippen LogP contribution < -0.4 is 24.8 Å². The maximum atomic E-state index is 5.79. The smallest absolute Gasteiger partial charge is 0.191 e. The number of hydrogen-bond donors (Lipinski definition) is 2. The Kier molecular flexibility index (Phi) is 13.8. The molecule has 1 rings (SSSR count). The summed E-state index contributed by atoms with van der Waals surface area (Å²) in [4.78, 5) is 4.28. The second kappa shape index (κ2) is 14.6. The van der Waals surface area contributed by atoms with Crippen LogP contribution in [0.25, 0.3) is 0 Å². The van der Waals surface area contributed by atoms with Crippen molar-refractivity contribution < 1.29 is 18.9 Å². The van der Waals surface area contributed by atoms with E-state index in [1.165, 1.54) is 0 Å². The van der Waals surface area contributed by atoms with E-state index >= 15 is 0 Å². The molecule has 162 valence electrons. The summed E-state index contributed by atoms with van der Waals surface area (Å²) in [7, 11) is 6.63. The van der Waals surface area contributed by atoms with Gasteiger partial charge >= 0.3 is 0 Å². The highest BCUT2D eigenvalue weighted by molar-refractivity contribution is 14.0. The van der Waals surface area contributed by atoms with E-state index in [-0.39, 0.29) is 30.1 Å². The highest BCUT2D eigenvalue weighted by Crippen LogP contribution is 2.33. The zero-order chi connectivity index (χ0) is 20.2. The van der Waals surface area contributed by atoms with Crippen LogP contribution in [0.2, 0.25) is 0 Å². The molecule has 1 atom stereocenters. The van der Waals surface area contributed by atoms with Gasteiger partial charge in [0, 0.05) is 32.3 Å². The van der Waals surface area contributed by atoms with Gasteiger partial charge in [-0.05, 0) is 19.3 Å². The van der Waals surface area contributed by atoms with Gasteiger partial charge in [0.15, 0.2) is 5.96 Å². The predicted molar refractivity (Wildman–Crippen MR) is 125 cm³/mol. The molecule has 0 aliphatic heterocycles. The third-order valence-corrected chi connectivity index (χ3v) is 4.32. The first kappa shape index (κ1) is 26.6. The van der Waals surface area contributed by atoms with Gasteiger partial charge in [-0.3, -0.25) is 4.99 Å². The van der Waals surface area contributed by atoms with E-state index < -0.39 is 0 Å².